The Kier molecular flexibility index (Phi) is 7.10. The molecule has 3 nitrogen and oxygen atoms in total. The Morgan fingerprint density at radius 3 is 2.19 bits per heavy atom. The van der Waals surface area contributed by atoms with E-state index < -0.39 is 10.0 Å². The highest BCUT2D eigenvalue weighted by Crippen LogP contribution is 2.23. The van der Waals surface area contributed by atoms with Gasteiger partial charge in [-0.05, 0) is 62.3 Å². The zero-order valence-electron chi connectivity index (χ0n) is 16.8. The van der Waals surface area contributed by atoms with Gasteiger partial charge < -0.3 is 0 Å². The zero-order valence-corrected chi connectivity index (χ0v) is 17.6. The molecule has 0 N–H and O–H groups in total. The first-order valence-electron chi connectivity index (χ1n) is 9.70. The maximum atomic E-state index is 13.0. The van der Waals surface area contributed by atoms with Gasteiger partial charge >= 0.3 is 0 Å². The zero-order chi connectivity index (χ0) is 19.3. The molecule has 0 spiro atoms. The van der Waals surface area contributed by atoms with E-state index in [2.05, 4.69) is 20.8 Å². The van der Waals surface area contributed by atoms with Gasteiger partial charge in [-0.2, -0.15) is 0 Å². The molecule has 0 aliphatic heterocycles. The molecular formula is C22H33NO2S. The summed E-state index contributed by atoms with van der Waals surface area (Å²) in [6.45, 7) is 10.7. The van der Waals surface area contributed by atoms with Crippen molar-refractivity contribution in [2.24, 2.45) is 11.8 Å². The smallest absolute Gasteiger partial charge is 0.246 e. The van der Waals surface area contributed by atoms with E-state index in [1.54, 1.807) is 18.3 Å². The van der Waals surface area contributed by atoms with Gasteiger partial charge in [-0.1, -0.05) is 57.7 Å². The molecule has 0 aliphatic carbocycles. The molecule has 0 amide bonds. The summed E-state index contributed by atoms with van der Waals surface area (Å²) in [5.74, 6) is 1.36. The minimum atomic E-state index is -3.52. The van der Waals surface area contributed by atoms with Crippen molar-refractivity contribution in [1.29, 1.82) is 0 Å². The fourth-order valence-corrected chi connectivity index (χ4v) is 4.74. The standard InChI is InChI=1S/C22H33NO2S/c1-17(2)7-6-8-18(3)9-12-21-15-20(5)16-23(21)26(24,25)22-13-10-19(4)11-14-22/h10-11,13-18H,6-9,12H2,1-5H3. The van der Waals surface area contributed by atoms with Gasteiger partial charge in [0.15, 0.2) is 0 Å². The number of hydrogen-bond donors (Lipinski definition) is 0. The van der Waals surface area contributed by atoms with Gasteiger partial charge in [0.1, 0.15) is 0 Å². The molecule has 0 aliphatic rings. The van der Waals surface area contributed by atoms with Crippen molar-refractivity contribution in [2.75, 3.05) is 0 Å². The predicted octanol–water partition coefficient (Wildman–Crippen LogP) is 5.74. The van der Waals surface area contributed by atoms with Crippen LogP contribution in [0, 0.1) is 25.7 Å². The van der Waals surface area contributed by atoms with Crippen LogP contribution in [-0.2, 0) is 16.4 Å². The second-order valence-electron chi connectivity index (χ2n) is 8.09. The normalized spacial score (nSPS) is 13.3. The molecule has 144 valence electrons. The van der Waals surface area contributed by atoms with Crippen LogP contribution in [0.25, 0.3) is 0 Å². The number of hydrogen-bond acceptors (Lipinski definition) is 2. The van der Waals surface area contributed by atoms with Crippen molar-refractivity contribution in [3.8, 4) is 0 Å². The third-order valence-electron chi connectivity index (χ3n) is 4.95. The Labute approximate surface area is 159 Å². The van der Waals surface area contributed by atoms with Gasteiger partial charge in [-0.15, -0.1) is 0 Å². The molecule has 0 radical (unpaired) electrons. The van der Waals surface area contributed by atoms with Gasteiger partial charge in [-0.3, -0.25) is 0 Å². The Morgan fingerprint density at radius 2 is 1.58 bits per heavy atom. The number of rotatable bonds is 9. The molecule has 2 aromatic rings. The van der Waals surface area contributed by atoms with E-state index in [0.29, 0.717) is 10.8 Å². The topological polar surface area (TPSA) is 39.1 Å². The summed E-state index contributed by atoms with van der Waals surface area (Å²) >= 11 is 0. The summed E-state index contributed by atoms with van der Waals surface area (Å²) in [5, 5.41) is 0. The molecule has 1 aromatic carbocycles. The molecule has 2 rings (SSSR count). The largest absolute Gasteiger partial charge is 0.267 e. The van der Waals surface area contributed by atoms with Crippen molar-refractivity contribution < 1.29 is 8.42 Å². The number of benzene rings is 1. The third kappa shape index (κ3) is 5.47. The first-order valence-corrected chi connectivity index (χ1v) is 11.1. The Balaban J connectivity index is 2.11. The first-order chi connectivity index (χ1) is 12.2. The van der Waals surface area contributed by atoms with Crippen molar-refractivity contribution in [2.45, 2.75) is 71.6 Å². The van der Waals surface area contributed by atoms with Gasteiger partial charge in [-0.25, -0.2) is 12.4 Å². The Hall–Kier alpha value is -1.55. The van der Waals surface area contributed by atoms with Crippen molar-refractivity contribution in [1.82, 2.24) is 3.97 Å². The second-order valence-corrected chi connectivity index (χ2v) is 9.91. The molecule has 1 atom stereocenters. The molecule has 0 saturated carbocycles. The summed E-state index contributed by atoms with van der Waals surface area (Å²) in [4.78, 5) is 0.352. The third-order valence-corrected chi connectivity index (χ3v) is 6.67. The molecular weight excluding hydrogens is 342 g/mol. The van der Waals surface area contributed by atoms with Crippen LogP contribution in [0.1, 0.15) is 63.3 Å². The molecule has 1 aromatic heterocycles. The number of nitrogens with zero attached hydrogens (tertiary/aromatic N) is 1. The summed E-state index contributed by atoms with van der Waals surface area (Å²) in [7, 11) is -3.52. The summed E-state index contributed by atoms with van der Waals surface area (Å²) in [6.07, 6.45) is 7.28. The summed E-state index contributed by atoms with van der Waals surface area (Å²) < 4.78 is 27.5. The lowest BCUT2D eigenvalue weighted by Gasteiger charge is -2.14. The van der Waals surface area contributed by atoms with E-state index in [1.165, 1.54) is 23.2 Å². The first kappa shape index (κ1) is 20.8. The van der Waals surface area contributed by atoms with E-state index in [1.807, 2.05) is 32.0 Å². The van der Waals surface area contributed by atoms with Gasteiger partial charge in [0.05, 0.1) is 4.90 Å². The van der Waals surface area contributed by atoms with Crippen LogP contribution >= 0.6 is 0 Å². The summed E-state index contributed by atoms with van der Waals surface area (Å²) in [5.41, 5.74) is 2.94. The van der Waals surface area contributed by atoms with Crippen LogP contribution in [-0.4, -0.2) is 12.4 Å². The van der Waals surface area contributed by atoms with Crippen molar-refractivity contribution >= 4 is 10.0 Å². The number of aromatic nitrogens is 1. The molecule has 0 saturated heterocycles. The quantitative estimate of drug-likeness (QED) is 0.561. The van der Waals surface area contributed by atoms with Crippen LogP contribution in [0.4, 0.5) is 0 Å². The molecule has 1 heterocycles. The lowest BCUT2D eigenvalue weighted by atomic mass is 9.95. The molecule has 0 bridgehead atoms. The molecule has 4 heteroatoms. The minimum absolute atomic E-state index is 0.352. The van der Waals surface area contributed by atoms with E-state index in [4.69, 9.17) is 0 Å². The highest BCUT2D eigenvalue weighted by molar-refractivity contribution is 7.90. The van der Waals surface area contributed by atoms with E-state index in [0.717, 1.165) is 35.6 Å². The predicted molar refractivity (Wildman–Crippen MR) is 109 cm³/mol. The maximum absolute atomic E-state index is 13.0. The Morgan fingerprint density at radius 1 is 0.923 bits per heavy atom. The number of aryl methyl sites for hydroxylation is 3. The molecule has 26 heavy (non-hydrogen) atoms. The summed E-state index contributed by atoms with van der Waals surface area (Å²) in [6, 6.07) is 9.09. The lowest BCUT2D eigenvalue weighted by Crippen LogP contribution is -2.15. The maximum Gasteiger partial charge on any atom is 0.267 e. The van der Waals surface area contributed by atoms with E-state index in [-0.39, 0.29) is 0 Å². The van der Waals surface area contributed by atoms with Crippen LogP contribution in [0.3, 0.4) is 0 Å². The van der Waals surface area contributed by atoms with Crippen molar-refractivity contribution in [3.63, 3.8) is 0 Å². The fraction of sp³-hybridized carbons (Fsp3) is 0.545. The van der Waals surface area contributed by atoms with Crippen molar-refractivity contribution in [3.05, 3.63) is 53.3 Å². The van der Waals surface area contributed by atoms with Crippen LogP contribution in [0.5, 0.6) is 0 Å². The Bertz CT molecular complexity index is 801. The SMILES string of the molecule is Cc1ccc(S(=O)(=O)n2cc(C)cc2CCC(C)CCCC(C)C)cc1. The monoisotopic (exact) mass is 375 g/mol. The fourth-order valence-electron chi connectivity index (χ4n) is 3.27. The van der Waals surface area contributed by atoms with Gasteiger partial charge in [0.25, 0.3) is 10.0 Å². The second kappa shape index (κ2) is 8.90. The average molecular weight is 376 g/mol. The van der Waals surface area contributed by atoms with Gasteiger partial charge in [0.2, 0.25) is 0 Å². The lowest BCUT2D eigenvalue weighted by molar-refractivity contribution is 0.435. The van der Waals surface area contributed by atoms with E-state index >= 15 is 0 Å². The highest BCUT2D eigenvalue weighted by Gasteiger charge is 2.20. The van der Waals surface area contributed by atoms with Crippen LogP contribution < -0.4 is 0 Å². The van der Waals surface area contributed by atoms with Crippen LogP contribution in [0.15, 0.2) is 41.4 Å². The molecule has 0 fully saturated rings. The highest BCUT2D eigenvalue weighted by atomic mass is 32.2. The molecule has 1 unspecified atom stereocenters. The van der Waals surface area contributed by atoms with Gasteiger partial charge in [0, 0.05) is 11.9 Å². The van der Waals surface area contributed by atoms with Crippen LogP contribution in [0.2, 0.25) is 0 Å². The van der Waals surface area contributed by atoms with E-state index in [9.17, 15) is 8.42 Å². The minimum Gasteiger partial charge on any atom is -0.246 e. The average Bonchev–Trinajstić information content (AvgIpc) is 2.95.